The van der Waals surface area contributed by atoms with Crippen molar-refractivity contribution in [3.63, 3.8) is 0 Å². The maximum Gasteiger partial charge on any atom is 0.195 e. The fourth-order valence-corrected chi connectivity index (χ4v) is 2.54. The molecular formula is C16H13ClN2O. The van der Waals surface area contributed by atoms with Crippen LogP contribution in [-0.4, -0.2) is 10.4 Å². The van der Waals surface area contributed by atoms with Crippen molar-refractivity contribution < 1.29 is 4.79 Å². The molecule has 0 aliphatic heterocycles. The van der Waals surface area contributed by atoms with Gasteiger partial charge in [0.1, 0.15) is 0 Å². The third-order valence-electron chi connectivity index (χ3n) is 3.35. The number of nitrogen functional groups attached to an aromatic ring is 1. The molecule has 0 bridgehead atoms. The molecule has 3 rings (SSSR count). The predicted molar refractivity (Wildman–Crippen MR) is 82.2 cm³/mol. The maximum absolute atomic E-state index is 12.6. The number of fused-ring (bicyclic) bond motifs is 1. The standard InChI is InChI=1S/C16H13ClN2O/c1-19-9-14(13-6-5-11(17)8-15(13)19)16(20)10-3-2-4-12(18)7-10/h2-9H,18H2,1H3. The summed E-state index contributed by atoms with van der Waals surface area (Å²) in [6, 6.07) is 12.5. The van der Waals surface area contributed by atoms with Crippen molar-refractivity contribution in [1.29, 1.82) is 0 Å². The van der Waals surface area contributed by atoms with E-state index in [-0.39, 0.29) is 5.78 Å². The highest BCUT2D eigenvalue weighted by molar-refractivity contribution is 6.31. The van der Waals surface area contributed by atoms with Crippen LogP contribution in [0.2, 0.25) is 5.02 Å². The zero-order chi connectivity index (χ0) is 14.3. The molecule has 0 fully saturated rings. The molecule has 20 heavy (non-hydrogen) atoms. The molecule has 2 N–H and O–H groups in total. The van der Waals surface area contributed by atoms with Gasteiger partial charge in [0.05, 0.1) is 0 Å². The van der Waals surface area contributed by atoms with Gasteiger partial charge in [-0.05, 0) is 24.3 Å². The van der Waals surface area contributed by atoms with Crippen LogP contribution in [0.4, 0.5) is 5.69 Å². The molecule has 3 aromatic rings. The molecule has 0 saturated carbocycles. The average molecular weight is 285 g/mol. The van der Waals surface area contributed by atoms with Crippen LogP contribution in [0.15, 0.2) is 48.7 Å². The normalized spacial score (nSPS) is 10.9. The highest BCUT2D eigenvalue weighted by Crippen LogP contribution is 2.26. The van der Waals surface area contributed by atoms with Crippen LogP contribution in [0.3, 0.4) is 0 Å². The van der Waals surface area contributed by atoms with Gasteiger partial charge in [-0.25, -0.2) is 0 Å². The number of benzene rings is 2. The van der Waals surface area contributed by atoms with E-state index in [2.05, 4.69) is 0 Å². The largest absolute Gasteiger partial charge is 0.399 e. The monoisotopic (exact) mass is 284 g/mol. The van der Waals surface area contributed by atoms with Gasteiger partial charge in [-0.2, -0.15) is 0 Å². The van der Waals surface area contributed by atoms with Gasteiger partial charge in [-0.15, -0.1) is 0 Å². The van der Waals surface area contributed by atoms with Crippen LogP contribution < -0.4 is 5.73 Å². The van der Waals surface area contributed by atoms with Gasteiger partial charge in [0, 0.05) is 46.0 Å². The topological polar surface area (TPSA) is 48.0 Å². The quantitative estimate of drug-likeness (QED) is 0.577. The van der Waals surface area contributed by atoms with Crippen molar-refractivity contribution in [1.82, 2.24) is 4.57 Å². The molecule has 100 valence electrons. The second kappa shape index (κ2) is 4.69. The van der Waals surface area contributed by atoms with Crippen molar-refractivity contribution in [3.8, 4) is 0 Å². The van der Waals surface area contributed by atoms with Crippen molar-refractivity contribution >= 4 is 34.0 Å². The molecule has 0 radical (unpaired) electrons. The number of nitrogens with two attached hydrogens (primary N) is 1. The average Bonchev–Trinajstić information content (AvgIpc) is 2.75. The zero-order valence-corrected chi connectivity index (χ0v) is 11.7. The van der Waals surface area contributed by atoms with Crippen LogP contribution in [0.1, 0.15) is 15.9 Å². The summed E-state index contributed by atoms with van der Waals surface area (Å²) in [7, 11) is 1.90. The van der Waals surface area contributed by atoms with Crippen LogP contribution in [0.25, 0.3) is 10.9 Å². The van der Waals surface area contributed by atoms with Crippen LogP contribution >= 0.6 is 11.6 Å². The van der Waals surface area contributed by atoms with E-state index in [4.69, 9.17) is 17.3 Å². The minimum Gasteiger partial charge on any atom is -0.399 e. The number of hydrogen-bond donors (Lipinski definition) is 1. The Labute approximate surface area is 121 Å². The number of nitrogens with zero attached hydrogens (tertiary/aromatic N) is 1. The number of ketones is 1. The van der Waals surface area contributed by atoms with E-state index in [9.17, 15) is 4.79 Å². The first kappa shape index (κ1) is 12.8. The second-order valence-corrected chi connectivity index (χ2v) is 5.21. The highest BCUT2D eigenvalue weighted by atomic mass is 35.5. The number of aryl methyl sites for hydroxylation is 1. The van der Waals surface area contributed by atoms with Crippen molar-refractivity contribution in [2.45, 2.75) is 0 Å². The van der Waals surface area contributed by atoms with Crippen molar-refractivity contribution in [2.24, 2.45) is 7.05 Å². The lowest BCUT2D eigenvalue weighted by Gasteiger charge is -2.01. The molecular weight excluding hydrogens is 272 g/mol. The number of halogens is 1. The lowest BCUT2D eigenvalue weighted by molar-refractivity contribution is 0.104. The summed E-state index contributed by atoms with van der Waals surface area (Å²) in [4.78, 5) is 12.6. The number of carbonyl (C=O) groups excluding carboxylic acids is 1. The van der Waals surface area contributed by atoms with E-state index in [1.165, 1.54) is 0 Å². The summed E-state index contributed by atoms with van der Waals surface area (Å²) >= 11 is 6.00. The first-order chi connectivity index (χ1) is 9.56. The molecule has 1 heterocycles. The molecule has 1 aromatic heterocycles. The molecule has 2 aromatic carbocycles. The van der Waals surface area contributed by atoms with Gasteiger partial charge in [-0.3, -0.25) is 4.79 Å². The summed E-state index contributed by atoms with van der Waals surface area (Å²) in [6.45, 7) is 0. The molecule has 0 atom stereocenters. The lowest BCUT2D eigenvalue weighted by Crippen LogP contribution is -2.01. The number of aromatic nitrogens is 1. The Hall–Kier alpha value is -2.26. The summed E-state index contributed by atoms with van der Waals surface area (Å²) in [6.07, 6.45) is 1.83. The summed E-state index contributed by atoms with van der Waals surface area (Å²) in [5.74, 6) is -0.0368. The van der Waals surface area contributed by atoms with Crippen molar-refractivity contribution in [2.75, 3.05) is 5.73 Å². The Bertz CT molecular complexity index is 820. The van der Waals surface area contributed by atoms with E-state index in [1.54, 1.807) is 30.3 Å². The van der Waals surface area contributed by atoms with Gasteiger partial charge in [0.25, 0.3) is 0 Å². The molecule has 0 unspecified atom stereocenters. The smallest absolute Gasteiger partial charge is 0.195 e. The SMILES string of the molecule is Cn1cc(C(=O)c2cccc(N)c2)c2ccc(Cl)cc21. The number of anilines is 1. The predicted octanol–water partition coefficient (Wildman–Crippen LogP) is 3.64. The lowest BCUT2D eigenvalue weighted by atomic mass is 10.0. The molecule has 0 aliphatic carbocycles. The Morgan fingerprint density at radius 1 is 1.20 bits per heavy atom. The van der Waals surface area contributed by atoms with Gasteiger partial charge >= 0.3 is 0 Å². The molecule has 0 amide bonds. The first-order valence-electron chi connectivity index (χ1n) is 6.21. The molecule has 0 aliphatic rings. The Kier molecular flexibility index (Phi) is 2.99. The van der Waals surface area contributed by atoms with Crippen LogP contribution in [0, 0.1) is 0 Å². The van der Waals surface area contributed by atoms with E-state index in [0.29, 0.717) is 21.8 Å². The number of rotatable bonds is 2. The molecule has 3 nitrogen and oxygen atoms in total. The molecule has 4 heteroatoms. The third-order valence-corrected chi connectivity index (χ3v) is 3.58. The number of carbonyl (C=O) groups is 1. The maximum atomic E-state index is 12.6. The molecule has 0 spiro atoms. The highest BCUT2D eigenvalue weighted by Gasteiger charge is 2.16. The van der Waals surface area contributed by atoms with Gasteiger partial charge < -0.3 is 10.3 Å². The summed E-state index contributed by atoms with van der Waals surface area (Å²) in [5, 5.41) is 1.55. The minimum atomic E-state index is -0.0368. The van der Waals surface area contributed by atoms with Gasteiger partial charge in [0.2, 0.25) is 0 Å². The number of hydrogen-bond acceptors (Lipinski definition) is 2. The van der Waals surface area contributed by atoms with E-state index in [0.717, 1.165) is 10.9 Å². The van der Waals surface area contributed by atoms with Crippen molar-refractivity contribution in [3.05, 3.63) is 64.8 Å². The minimum absolute atomic E-state index is 0.0368. The summed E-state index contributed by atoms with van der Waals surface area (Å²) in [5.41, 5.74) is 8.50. The van der Waals surface area contributed by atoms with Crippen LogP contribution in [0.5, 0.6) is 0 Å². The van der Waals surface area contributed by atoms with E-state index in [1.807, 2.05) is 29.9 Å². The van der Waals surface area contributed by atoms with Gasteiger partial charge in [-0.1, -0.05) is 29.8 Å². The van der Waals surface area contributed by atoms with Crippen LogP contribution in [-0.2, 0) is 7.05 Å². The second-order valence-electron chi connectivity index (χ2n) is 4.77. The van der Waals surface area contributed by atoms with E-state index >= 15 is 0 Å². The Morgan fingerprint density at radius 2 is 2.00 bits per heavy atom. The fraction of sp³-hybridized carbons (Fsp3) is 0.0625. The fourth-order valence-electron chi connectivity index (χ4n) is 2.37. The summed E-state index contributed by atoms with van der Waals surface area (Å²) < 4.78 is 1.90. The zero-order valence-electron chi connectivity index (χ0n) is 10.9. The van der Waals surface area contributed by atoms with Gasteiger partial charge in [0.15, 0.2) is 5.78 Å². The Morgan fingerprint density at radius 3 is 2.75 bits per heavy atom. The Balaban J connectivity index is 2.17. The van der Waals surface area contributed by atoms with E-state index < -0.39 is 0 Å². The molecule has 0 saturated heterocycles. The third kappa shape index (κ3) is 2.06. The first-order valence-corrected chi connectivity index (χ1v) is 6.59.